The van der Waals surface area contributed by atoms with Gasteiger partial charge in [-0.15, -0.1) is 0 Å². The van der Waals surface area contributed by atoms with E-state index in [1.54, 1.807) is 6.08 Å². The van der Waals surface area contributed by atoms with Gasteiger partial charge >= 0.3 is 0 Å². The summed E-state index contributed by atoms with van der Waals surface area (Å²) in [4.78, 5) is 22.0. The van der Waals surface area contributed by atoms with E-state index in [-0.39, 0.29) is 11.1 Å². The molecule has 0 radical (unpaired) electrons. The summed E-state index contributed by atoms with van der Waals surface area (Å²) >= 11 is 0.975. The predicted molar refractivity (Wildman–Crippen MR) is 44.1 cm³/mol. The topological polar surface area (TPSA) is 46.2 Å². The summed E-state index contributed by atoms with van der Waals surface area (Å²) in [5, 5.41) is 1.93. The van der Waals surface area contributed by atoms with Gasteiger partial charge in [0.2, 0.25) is 0 Å². The van der Waals surface area contributed by atoms with E-state index in [0.717, 1.165) is 24.6 Å². The molecule has 0 unspecified atom stereocenters. The Hall–Kier alpha value is -0.770. The van der Waals surface area contributed by atoms with Gasteiger partial charge in [0, 0.05) is 0 Å². The second-order valence-corrected chi connectivity index (χ2v) is 3.22. The Balaban J connectivity index is 2.59. The molecule has 0 aromatic rings. The van der Waals surface area contributed by atoms with Crippen molar-refractivity contribution in [2.45, 2.75) is 19.8 Å². The summed E-state index contributed by atoms with van der Waals surface area (Å²) in [6, 6.07) is 0. The van der Waals surface area contributed by atoms with Crippen LogP contribution in [0.5, 0.6) is 0 Å². The molecule has 4 heteroatoms. The number of unbranched alkanes of at least 4 members (excludes halogenated alkanes) is 1. The van der Waals surface area contributed by atoms with Gasteiger partial charge in [0.1, 0.15) is 0 Å². The normalized spacial score (nSPS) is 21.0. The third-order valence-electron chi connectivity index (χ3n) is 1.26. The molecule has 0 saturated carbocycles. The van der Waals surface area contributed by atoms with Crippen LogP contribution >= 0.6 is 11.8 Å². The fourth-order valence-electron chi connectivity index (χ4n) is 0.736. The first-order valence-electron chi connectivity index (χ1n) is 3.47. The summed E-state index contributed by atoms with van der Waals surface area (Å²) in [5.74, 6) is -0.256. The minimum atomic E-state index is -0.266. The Labute approximate surface area is 69.2 Å². The summed E-state index contributed by atoms with van der Waals surface area (Å²) in [7, 11) is 0. The highest BCUT2D eigenvalue weighted by Gasteiger charge is 2.24. The Bertz CT molecular complexity index is 222. The monoisotopic (exact) mass is 171 g/mol. The maximum absolute atomic E-state index is 10.9. The van der Waals surface area contributed by atoms with E-state index < -0.39 is 0 Å². The van der Waals surface area contributed by atoms with E-state index in [0.29, 0.717) is 4.91 Å². The van der Waals surface area contributed by atoms with Gasteiger partial charge in [0.25, 0.3) is 11.1 Å². The van der Waals surface area contributed by atoms with Crippen LogP contribution in [0.2, 0.25) is 0 Å². The number of carbonyl (C=O) groups is 2. The SMILES string of the molecule is CCC/C=C1\SC(=O)NC1=O. The highest BCUT2D eigenvalue weighted by Crippen LogP contribution is 2.23. The van der Waals surface area contributed by atoms with Crippen molar-refractivity contribution in [3.8, 4) is 0 Å². The van der Waals surface area contributed by atoms with Crippen LogP contribution in [0, 0.1) is 0 Å². The van der Waals surface area contributed by atoms with Crippen LogP contribution in [-0.2, 0) is 4.79 Å². The number of rotatable bonds is 2. The Morgan fingerprint density at radius 2 is 2.27 bits per heavy atom. The van der Waals surface area contributed by atoms with E-state index in [1.807, 2.05) is 6.92 Å². The van der Waals surface area contributed by atoms with Crippen molar-refractivity contribution in [1.29, 1.82) is 0 Å². The summed E-state index contributed by atoms with van der Waals surface area (Å²) < 4.78 is 0. The molecule has 1 heterocycles. The molecule has 1 rings (SSSR count). The lowest BCUT2D eigenvalue weighted by atomic mass is 10.3. The molecule has 1 aliphatic heterocycles. The first-order chi connectivity index (χ1) is 5.24. The second kappa shape index (κ2) is 3.57. The molecular formula is C7H9NO2S. The molecule has 1 N–H and O–H groups in total. The van der Waals surface area contributed by atoms with Crippen molar-refractivity contribution >= 4 is 22.9 Å². The maximum atomic E-state index is 10.9. The standard InChI is InChI=1S/C7H9NO2S/c1-2-3-4-5-6(9)8-7(10)11-5/h4H,2-3H2,1H3,(H,8,9,10)/b5-4-. The second-order valence-electron chi connectivity index (χ2n) is 2.20. The van der Waals surface area contributed by atoms with Crippen LogP contribution in [0.4, 0.5) is 4.79 Å². The molecule has 0 atom stereocenters. The Morgan fingerprint density at radius 1 is 1.55 bits per heavy atom. The third-order valence-corrected chi connectivity index (χ3v) is 2.12. The molecule has 0 spiro atoms. The van der Waals surface area contributed by atoms with Gasteiger partial charge < -0.3 is 0 Å². The quantitative estimate of drug-likeness (QED) is 0.642. The van der Waals surface area contributed by atoms with E-state index in [9.17, 15) is 9.59 Å². The first-order valence-corrected chi connectivity index (χ1v) is 4.29. The molecule has 1 aliphatic rings. The van der Waals surface area contributed by atoms with Crippen LogP contribution in [0.3, 0.4) is 0 Å². The average molecular weight is 171 g/mol. The smallest absolute Gasteiger partial charge is 0.282 e. The number of hydrogen-bond acceptors (Lipinski definition) is 3. The number of thioether (sulfide) groups is 1. The van der Waals surface area contributed by atoms with Crippen molar-refractivity contribution < 1.29 is 9.59 Å². The van der Waals surface area contributed by atoms with Crippen LogP contribution in [-0.4, -0.2) is 11.1 Å². The van der Waals surface area contributed by atoms with Gasteiger partial charge in [-0.1, -0.05) is 19.4 Å². The van der Waals surface area contributed by atoms with Gasteiger partial charge in [0.15, 0.2) is 0 Å². The first kappa shape index (κ1) is 8.33. The molecule has 0 aliphatic carbocycles. The van der Waals surface area contributed by atoms with Crippen molar-refractivity contribution in [3.63, 3.8) is 0 Å². The van der Waals surface area contributed by atoms with E-state index in [1.165, 1.54) is 0 Å². The fraction of sp³-hybridized carbons (Fsp3) is 0.429. The number of carbonyl (C=O) groups excluding carboxylic acids is 2. The minimum Gasteiger partial charge on any atom is -0.282 e. The molecule has 3 nitrogen and oxygen atoms in total. The largest absolute Gasteiger partial charge is 0.290 e. The van der Waals surface area contributed by atoms with Gasteiger partial charge in [-0.3, -0.25) is 14.9 Å². The van der Waals surface area contributed by atoms with Crippen molar-refractivity contribution in [2.24, 2.45) is 0 Å². The molecule has 2 amide bonds. The molecule has 11 heavy (non-hydrogen) atoms. The summed E-state index contributed by atoms with van der Waals surface area (Å²) in [6.45, 7) is 2.02. The van der Waals surface area contributed by atoms with Crippen molar-refractivity contribution in [3.05, 3.63) is 11.0 Å². The number of allylic oxidation sites excluding steroid dienone is 1. The lowest BCUT2D eigenvalue weighted by Gasteiger charge is -1.87. The molecular weight excluding hydrogens is 162 g/mol. The minimum absolute atomic E-state index is 0.256. The molecule has 1 saturated heterocycles. The van der Waals surface area contributed by atoms with Crippen LogP contribution in [0.1, 0.15) is 19.8 Å². The van der Waals surface area contributed by atoms with Gasteiger partial charge in [-0.05, 0) is 18.2 Å². The highest BCUT2D eigenvalue weighted by atomic mass is 32.2. The van der Waals surface area contributed by atoms with Gasteiger partial charge in [-0.2, -0.15) is 0 Å². The number of hydrogen-bond donors (Lipinski definition) is 1. The molecule has 0 aromatic heterocycles. The average Bonchev–Trinajstić information content (AvgIpc) is 2.26. The van der Waals surface area contributed by atoms with Crippen molar-refractivity contribution in [1.82, 2.24) is 5.32 Å². The van der Waals surface area contributed by atoms with Gasteiger partial charge in [0.05, 0.1) is 4.91 Å². The molecule has 60 valence electrons. The summed E-state index contributed by atoms with van der Waals surface area (Å²) in [5.41, 5.74) is 0. The van der Waals surface area contributed by atoms with Crippen LogP contribution in [0.25, 0.3) is 0 Å². The number of imide groups is 1. The zero-order valence-electron chi connectivity index (χ0n) is 6.22. The van der Waals surface area contributed by atoms with Crippen LogP contribution < -0.4 is 5.32 Å². The van der Waals surface area contributed by atoms with Gasteiger partial charge in [-0.25, -0.2) is 0 Å². The zero-order chi connectivity index (χ0) is 8.27. The predicted octanol–water partition coefficient (Wildman–Crippen LogP) is 1.65. The van der Waals surface area contributed by atoms with E-state index in [2.05, 4.69) is 5.32 Å². The summed E-state index contributed by atoms with van der Waals surface area (Å²) in [6.07, 6.45) is 3.64. The maximum Gasteiger partial charge on any atom is 0.290 e. The fourth-order valence-corrected chi connectivity index (χ4v) is 1.42. The number of nitrogens with one attached hydrogen (secondary N) is 1. The lowest BCUT2D eigenvalue weighted by molar-refractivity contribution is -0.115. The van der Waals surface area contributed by atoms with Crippen LogP contribution in [0.15, 0.2) is 11.0 Å². The molecule has 0 bridgehead atoms. The Kier molecular flexibility index (Phi) is 2.70. The van der Waals surface area contributed by atoms with E-state index in [4.69, 9.17) is 0 Å². The Morgan fingerprint density at radius 3 is 2.73 bits per heavy atom. The third kappa shape index (κ3) is 2.08. The molecule has 0 aromatic carbocycles. The molecule has 1 fully saturated rings. The van der Waals surface area contributed by atoms with E-state index >= 15 is 0 Å². The lowest BCUT2D eigenvalue weighted by Crippen LogP contribution is -2.17. The number of amides is 2. The van der Waals surface area contributed by atoms with Crippen molar-refractivity contribution in [2.75, 3.05) is 0 Å². The zero-order valence-corrected chi connectivity index (χ0v) is 7.03. The highest BCUT2D eigenvalue weighted by molar-refractivity contribution is 8.18.